The predicted molar refractivity (Wildman–Crippen MR) is 89.1 cm³/mol. The molecule has 22 heavy (non-hydrogen) atoms. The predicted octanol–water partition coefficient (Wildman–Crippen LogP) is 1.30. The molecule has 0 unspecified atom stereocenters. The average molecular weight is 321 g/mol. The van der Waals surface area contributed by atoms with Crippen molar-refractivity contribution in [2.45, 2.75) is 32.7 Å². The van der Waals surface area contributed by atoms with Crippen molar-refractivity contribution in [3.63, 3.8) is 0 Å². The van der Waals surface area contributed by atoms with E-state index in [1.807, 2.05) is 7.05 Å². The number of nitrogens with zero attached hydrogens (tertiary/aromatic N) is 5. The molecule has 0 radical (unpaired) electrons. The summed E-state index contributed by atoms with van der Waals surface area (Å²) in [4.78, 5) is 13.0. The summed E-state index contributed by atoms with van der Waals surface area (Å²) in [5.74, 6) is 2.11. The van der Waals surface area contributed by atoms with Gasteiger partial charge < -0.3 is 10.6 Å². The molecule has 0 aliphatic carbocycles. The highest BCUT2D eigenvalue weighted by atomic mass is 32.1. The van der Waals surface area contributed by atoms with Crippen molar-refractivity contribution < 1.29 is 0 Å². The van der Waals surface area contributed by atoms with Gasteiger partial charge in [0.1, 0.15) is 12.2 Å². The highest BCUT2D eigenvalue weighted by Crippen LogP contribution is 2.19. The maximum atomic E-state index is 4.63. The number of hydrogen-bond acceptors (Lipinski definition) is 5. The zero-order chi connectivity index (χ0) is 15.9. The Labute approximate surface area is 134 Å². The highest BCUT2D eigenvalue weighted by Gasteiger charge is 2.06. The molecule has 8 heteroatoms. The van der Waals surface area contributed by atoms with Gasteiger partial charge in [0.2, 0.25) is 0 Å². The summed E-state index contributed by atoms with van der Waals surface area (Å²) in [7, 11) is 3.63. The number of hydrogen-bond donors (Lipinski definition) is 2. The van der Waals surface area contributed by atoms with Gasteiger partial charge in [-0.1, -0.05) is 13.8 Å². The van der Waals surface area contributed by atoms with Crippen molar-refractivity contribution in [2.75, 3.05) is 13.6 Å². The molecule has 0 amide bonds. The number of aromatic nitrogens is 4. The van der Waals surface area contributed by atoms with Crippen molar-refractivity contribution in [3.8, 4) is 0 Å². The molecular formula is C14H23N7S. The molecule has 7 nitrogen and oxygen atoms in total. The van der Waals surface area contributed by atoms with Crippen LogP contribution in [0.15, 0.2) is 16.7 Å². The van der Waals surface area contributed by atoms with Gasteiger partial charge in [-0.05, 0) is 0 Å². The summed E-state index contributed by atoms with van der Waals surface area (Å²) in [6.45, 7) is 5.71. The molecule has 0 bridgehead atoms. The van der Waals surface area contributed by atoms with Crippen molar-refractivity contribution in [2.24, 2.45) is 12.0 Å². The molecular weight excluding hydrogens is 298 g/mol. The molecule has 0 aliphatic heterocycles. The Morgan fingerprint density at radius 2 is 2.23 bits per heavy atom. The molecule has 2 aromatic rings. The van der Waals surface area contributed by atoms with Crippen molar-refractivity contribution in [3.05, 3.63) is 28.2 Å². The number of guanidine groups is 1. The molecule has 0 saturated heterocycles. The molecule has 2 rings (SSSR count). The van der Waals surface area contributed by atoms with Crippen LogP contribution in [0, 0.1) is 0 Å². The van der Waals surface area contributed by atoms with Crippen LogP contribution in [0.25, 0.3) is 0 Å². The standard InChI is InChI=1S/C14H23N7S/c1-10(2)13-20-11(8-22-13)5-6-16-14(15-3)17-7-12-18-9-19-21(12)4/h8-10H,5-7H2,1-4H3,(H2,15,16,17). The van der Waals surface area contributed by atoms with Gasteiger partial charge in [0.25, 0.3) is 0 Å². The largest absolute Gasteiger partial charge is 0.356 e. The number of aliphatic imine (C=N–C) groups is 1. The Hall–Kier alpha value is -1.96. The van der Waals surface area contributed by atoms with E-state index in [1.165, 1.54) is 5.01 Å². The SMILES string of the molecule is CN=C(NCCc1csc(C(C)C)n1)NCc1ncnn1C. The summed E-state index contributed by atoms with van der Waals surface area (Å²) in [6.07, 6.45) is 2.43. The topological polar surface area (TPSA) is 80.0 Å². The highest BCUT2D eigenvalue weighted by molar-refractivity contribution is 7.09. The van der Waals surface area contributed by atoms with E-state index in [9.17, 15) is 0 Å². The first kappa shape index (κ1) is 16.4. The van der Waals surface area contributed by atoms with Gasteiger partial charge in [-0.25, -0.2) is 9.97 Å². The summed E-state index contributed by atoms with van der Waals surface area (Å²) in [6, 6.07) is 0. The summed E-state index contributed by atoms with van der Waals surface area (Å²) < 4.78 is 1.74. The molecule has 0 spiro atoms. The van der Waals surface area contributed by atoms with Crippen molar-refractivity contribution in [1.29, 1.82) is 0 Å². The van der Waals surface area contributed by atoms with Crippen LogP contribution in [-0.2, 0) is 20.0 Å². The third kappa shape index (κ3) is 4.52. The van der Waals surface area contributed by atoms with E-state index in [2.05, 4.69) is 49.9 Å². The van der Waals surface area contributed by atoms with E-state index in [1.54, 1.807) is 29.4 Å². The molecule has 2 aromatic heterocycles. The van der Waals surface area contributed by atoms with Crippen LogP contribution in [0.5, 0.6) is 0 Å². The lowest BCUT2D eigenvalue weighted by Gasteiger charge is -2.10. The second-order valence-corrected chi connectivity index (χ2v) is 6.12. The molecule has 0 atom stereocenters. The van der Waals surface area contributed by atoms with E-state index >= 15 is 0 Å². The zero-order valence-electron chi connectivity index (χ0n) is 13.5. The van der Waals surface area contributed by atoms with Crippen LogP contribution in [0.3, 0.4) is 0 Å². The van der Waals surface area contributed by atoms with Gasteiger partial charge in [-0.3, -0.25) is 9.67 Å². The molecule has 2 heterocycles. The van der Waals surface area contributed by atoms with E-state index < -0.39 is 0 Å². The van der Waals surface area contributed by atoms with Gasteiger partial charge in [-0.2, -0.15) is 5.10 Å². The average Bonchev–Trinajstić information content (AvgIpc) is 3.12. The molecule has 120 valence electrons. The second kappa shape index (κ2) is 7.88. The smallest absolute Gasteiger partial charge is 0.191 e. The fraction of sp³-hybridized carbons (Fsp3) is 0.571. The van der Waals surface area contributed by atoms with E-state index in [-0.39, 0.29) is 0 Å². The van der Waals surface area contributed by atoms with Gasteiger partial charge in [0, 0.05) is 38.4 Å². The second-order valence-electron chi connectivity index (χ2n) is 5.23. The van der Waals surface area contributed by atoms with Crippen molar-refractivity contribution in [1.82, 2.24) is 30.4 Å². The maximum Gasteiger partial charge on any atom is 0.191 e. The molecule has 0 saturated carbocycles. The van der Waals surface area contributed by atoms with Crippen LogP contribution >= 0.6 is 11.3 Å². The number of nitrogens with one attached hydrogen (secondary N) is 2. The Morgan fingerprint density at radius 1 is 1.41 bits per heavy atom. The van der Waals surface area contributed by atoms with Crippen LogP contribution in [-0.4, -0.2) is 39.3 Å². The third-order valence-corrected chi connectivity index (χ3v) is 4.37. The first-order valence-corrected chi connectivity index (χ1v) is 8.19. The normalized spacial score (nSPS) is 12.0. The first-order valence-electron chi connectivity index (χ1n) is 7.31. The summed E-state index contributed by atoms with van der Waals surface area (Å²) in [5, 5.41) is 13.9. The summed E-state index contributed by atoms with van der Waals surface area (Å²) >= 11 is 1.73. The Bertz CT molecular complexity index is 614. The van der Waals surface area contributed by atoms with Gasteiger partial charge in [0.15, 0.2) is 5.96 Å². The minimum absolute atomic E-state index is 0.493. The van der Waals surface area contributed by atoms with E-state index in [0.717, 1.165) is 30.4 Å². The van der Waals surface area contributed by atoms with Crippen LogP contribution in [0.1, 0.15) is 36.3 Å². The fourth-order valence-electron chi connectivity index (χ4n) is 1.88. The zero-order valence-corrected chi connectivity index (χ0v) is 14.3. The Morgan fingerprint density at radius 3 is 2.82 bits per heavy atom. The molecule has 0 aliphatic rings. The Balaban J connectivity index is 1.75. The van der Waals surface area contributed by atoms with Gasteiger partial charge in [0.05, 0.1) is 17.2 Å². The number of thiazole rings is 1. The molecule has 2 N–H and O–H groups in total. The van der Waals surface area contributed by atoms with Gasteiger partial charge in [-0.15, -0.1) is 11.3 Å². The fourth-order valence-corrected chi connectivity index (χ4v) is 2.74. The minimum Gasteiger partial charge on any atom is -0.356 e. The monoisotopic (exact) mass is 321 g/mol. The maximum absolute atomic E-state index is 4.63. The minimum atomic E-state index is 0.493. The number of rotatable bonds is 6. The molecule has 0 aromatic carbocycles. The molecule has 0 fully saturated rings. The lowest BCUT2D eigenvalue weighted by atomic mass is 10.2. The number of aryl methyl sites for hydroxylation is 1. The summed E-state index contributed by atoms with van der Waals surface area (Å²) in [5.41, 5.74) is 1.13. The Kier molecular flexibility index (Phi) is 5.88. The van der Waals surface area contributed by atoms with Crippen LogP contribution in [0.4, 0.5) is 0 Å². The van der Waals surface area contributed by atoms with E-state index in [0.29, 0.717) is 12.5 Å². The quantitative estimate of drug-likeness (QED) is 0.619. The van der Waals surface area contributed by atoms with Crippen LogP contribution in [0.2, 0.25) is 0 Å². The van der Waals surface area contributed by atoms with Crippen molar-refractivity contribution >= 4 is 17.3 Å². The van der Waals surface area contributed by atoms with E-state index in [4.69, 9.17) is 0 Å². The lowest BCUT2D eigenvalue weighted by molar-refractivity contribution is 0.672. The van der Waals surface area contributed by atoms with Gasteiger partial charge >= 0.3 is 0 Å². The van der Waals surface area contributed by atoms with Crippen LogP contribution < -0.4 is 10.6 Å². The third-order valence-electron chi connectivity index (χ3n) is 3.18. The lowest BCUT2D eigenvalue weighted by Crippen LogP contribution is -2.38. The first-order chi connectivity index (χ1) is 10.6.